The second-order valence-corrected chi connectivity index (χ2v) is 5.15. The molecule has 0 aliphatic carbocycles. The molecule has 1 aromatic rings. The highest BCUT2D eigenvalue weighted by Crippen LogP contribution is 2.22. The highest BCUT2D eigenvalue weighted by molar-refractivity contribution is 6.30. The lowest BCUT2D eigenvalue weighted by Gasteiger charge is -2.19. The molecule has 1 rings (SSSR count). The van der Waals surface area contributed by atoms with Crippen molar-refractivity contribution in [1.29, 1.82) is 0 Å². The molecule has 0 amide bonds. The van der Waals surface area contributed by atoms with Gasteiger partial charge in [-0.1, -0.05) is 31.9 Å². The highest BCUT2D eigenvalue weighted by Gasteiger charge is 2.17. The van der Waals surface area contributed by atoms with Gasteiger partial charge in [-0.15, -0.1) is 0 Å². The molecule has 0 aromatic carbocycles. The van der Waals surface area contributed by atoms with Gasteiger partial charge in [-0.2, -0.15) is 5.10 Å². The summed E-state index contributed by atoms with van der Waals surface area (Å²) in [4.78, 5) is 0. The zero-order chi connectivity index (χ0) is 13.0. The Morgan fingerprint density at radius 1 is 1.53 bits per heavy atom. The number of hydrogen-bond acceptors (Lipinski definition) is 3. The van der Waals surface area contributed by atoms with Crippen LogP contribution >= 0.6 is 11.6 Å². The SMILES string of the molecule is CCC(C)CC(Cc1c(C)nn(C)c1Cl)NN. The Hall–Kier alpha value is -0.580. The molecule has 1 heterocycles. The lowest BCUT2D eigenvalue weighted by molar-refractivity contribution is 0.396. The molecule has 0 bridgehead atoms. The summed E-state index contributed by atoms with van der Waals surface area (Å²) in [6.45, 7) is 6.42. The molecule has 17 heavy (non-hydrogen) atoms. The van der Waals surface area contributed by atoms with Crippen LogP contribution in [0, 0.1) is 12.8 Å². The molecule has 0 fully saturated rings. The second-order valence-electron chi connectivity index (χ2n) is 4.80. The third-order valence-corrected chi connectivity index (χ3v) is 3.81. The molecule has 98 valence electrons. The van der Waals surface area contributed by atoms with E-state index in [-0.39, 0.29) is 6.04 Å². The molecule has 0 aliphatic rings. The Balaban J connectivity index is 2.73. The molecule has 0 aliphatic heterocycles. The van der Waals surface area contributed by atoms with Gasteiger partial charge in [0, 0.05) is 18.7 Å². The standard InChI is InChI=1S/C12H23ClN4/c1-5-8(2)6-10(15-14)7-11-9(3)16-17(4)12(11)13/h8,10,15H,5-7,14H2,1-4H3. The van der Waals surface area contributed by atoms with E-state index in [9.17, 15) is 0 Å². The number of hydrogen-bond donors (Lipinski definition) is 2. The molecule has 2 atom stereocenters. The monoisotopic (exact) mass is 258 g/mol. The molecule has 0 saturated heterocycles. The van der Waals surface area contributed by atoms with Crippen molar-refractivity contribution in [3.63, 3.8) is 0 Å². The molecule has 0 spiro atoms. The third kappa shape index (κ3) is 3.69. The van der Waals surface area contributed by atoms with Gasteiger partial charge < -0.3 is 0 Å². The predicted molar refractivity (Wildman–Crippen MR) is 71.8 cm³/mol. The minimum atomic E-state index is 0.255. The van der Waals surface area contributed by atoms with E-state index in [1.807, 2.05) is 14.0 Å². The quantitative estimate of drug-likeness (QED) is 0.608. The van der Waals surface area contributed by atoms with Crippen LogP contribution in [0.15, 0.2) is 0 Å². The van der Waals surface area contributed by atoms with E-state index < -0.39 is 0 Å². The molecule has 0 radical (unpaired) electrons. The molecule has 1 aromatic heterocycles. The molecule has 5 heteroatoms. The maximum Gasteiger partial charge on any atom is 0.130 e. The number of nitrogens with one attached hydrogen (secondary N) is 1. The van der Waals surface area contributed by atoms with Crippen LogP contribution in [0.5, 0.6) is 0 Å². The van der Waals surface area contributed by atoms with Crippen molar-refractivity contribution < 1.29 is 0 Å². The van der Waals surface area contributed by atoms with E-state index in [1.54, 1.807) is 4.68 Å². The summed E-state index contributed by atoms with van der Waals surface area (Å²) in [6.07, 6.45) is 3.05. The summed E-state index contributed by atoms with van der Waals surface area (Å²) in [5.41, 5.74) is 4.97. The minimum absolute atomic E-state index is 0.255. The number of aromatic nitrogens is 2. The van der Waals surface area contributed by atoms with Gasteiger partial charge in [-0.3, -0.25) is 16.0 Å². The fourth-order valence-corrected chi connectivity index (χ4v) is 2.27. The van der Waals surface area contributed by atoms with E-state index in [2.05, 4.69) is 24.4 Å². The average Bonchev–Trinajstić information content (AvgIpc) is 2.54. The smallest absolute Gasteiger partial charge is 0.130 e. The van der Waals surface area contributed by atoms with Gasteiger partial charge in [-0.05, 0) is 25.7 Å². The normalized spacial score (nSPS) is 14.9. The first kappa shape index (κ1) is 14.5. The lowest BCUT2D eigenvalue weighted by Crippen LogP contribution is -2.38. The predicted octanol–water partition coefficient (Wildman–Crippen LogP) is 2.19. The molecular formula is C12H23ClN4. The fraction of sp³-hybridized carbons (Fsp3) is 0.750. The van der Waals surface area contributed by atoms with Crippen molar-refractivity contribution in [2.24, 2.45) is 18.8 Å². The van der Waals surface area contributed by atoms with Gasteiger partial charge in [0.2, 0.25) is 0 Å². The summed E-state index contributed by atoms with van der Waals surface area (Å²) >= 11 is 6.22. The van der Waals surface area contributed by atoms with Gasteiger partial charge in [-0.25, -0.2) is 0 Å². The summed E-state index contributed by atoms with van der Waals surface area (Å²) in [6, 6.07) is 0.255. The second kappa shape index (κ2) is 6.38. The van der Waals surface area contributed by atoms with Gasteiger partial charge >= 0.3 is 0 Å². The number of aryl methyl sites for hydroxylation is 2. The van der Waals surface area contributed by atoms with Crippen molar-refractivity contribution in [2.75, 3.05) is 0 Å². The average molecular weight is 259 g/mol. The van der Waals surface area contributed by atoms with Crippen LogP contribution < -0.4 is 11.3 Å². The van der Waals surface area contributed by atoms with E-state index in [4.69, 9.17) is 17.4 Å². The zero-order valence-corrected chi connectivity index (χ0v) is 11.9. The molecule has 2 unspecified atom stereocenters. The number of nitrogens with zero attached hydrogens (tertiary/aromatic N) is 2. The molecular weight excluding hydrogens is 236 g/mol. The van der Waals surface area contributed by atoms with E-state index in [0.29, 0.717) is 11.1 Å². The summed E-state index contributed by atoms with van der Waals surface area (Å²) in [7, 11) is 1.86. The van der Waals surface area contributed by atoms with E-state index in [1.165, 1.54) is 0 Å². The zero-order valence-electron chi connectivity index (χ0n) is 11.1. The number of halogens is 1. The first-order valence-electron chi connectivity index (χ1n) is 6.13. The maximum atomic E-state index is 6.22. The topological polar surface area (TPSA) is 55.9 Å². The Kier molecular flexibility index (Phi) is 5.43. The van der Waals surface area contributed by atoms with Gasteiger partial charge in [0.1, 0.15) is 5.15 Å². The van der Waals surface area contributed by atoms with Gasteiger partial charge in [0.15, 0.2) is 0 Å². The van der Waals surface area contributed by atoms with Crippen molar-refractivity contribution in [3.8, 4) is 0 Å². The van der Waals surface area contributed by atoms with Crippen molar-refractivity contribution in [3.05, 3.63) is 16.4 Å². The van der Waals surface area contributed by atoms with Crippen LogP contribution in [0.25, 0.3) is 0 Å². The highest BCUT2D eigenvalue weighted by atomic mass is 35.5. The first-order valence-corrected chi connectivity index (χ1v) is 6.51. The van der Waals surface area contributed by atoms with Crippen LogP contribution in [0.4, 0.5) is 0 Å². The van der Waals surface area contributed by atoms with Crippen molar-refractivity contribution in [2.45, 2.75) is 46.1 Å². The van der Waals surface area contributed by atoms with Gasteiger partial charge in [0.25, 0.3) is 0 Å². The number of hydrazine groups is 1. The van der Waals surface area contributed by atoms with Crippen LogP contribution in [0.2, 0.25) is 5.15 Å². The largest absolute Gasteiger partial charge is 0.271 e. The van der Waals surface area contributed by atoms with E-state index >= 15 is 0 Å². The van der Waals surface area contributed by atoms with Crippen LogP contribution in [0.3, 0.4) is 0 Å². The molecule has 0 saturated carbocycles. The Labute approximate surface area is 108 Å². The van der Waals surface area contributed by atoms with Crippen LogP contribution in [-0.2, 0) is 13.5 Å². The number of rotatable bonds is 6. The van der Waals surface area contributed by atoms with Crippen LogP contribution in [0.1, 0.15) is 37.9 Å². The Morgan fingerprint density at radius 2 is 2.18 bits per heavy atom. The summed E-state index contributed by atoms with van der Waals surface area (Å²) in [5, 5.41) is 5.03. The van der Waals surface area contributed by atoms with Crippen molar-refractivity contribution in [1.82, 2.24) is 15.2 Å². The Morgan fingerprint density at radius 3 is 2.59 bits per heavy atom. The third-order valence-electron chi connectivity index (χ3n) is 3.34. The number of nitrogens with two attached hydrogens (primary N) is 1. The Bertz CT molecular complexity index is 362. The molecule has 4 nitrogen and oxygen atoms in total. The van der Waals surface area contributed by atoms with E-state index in [0.717, 1.165) is 30.5 Å². The maximum absolute atomic E-state index is 6.22. The molecule has 3 N–H and O–H groups in total. The minimum Gasteiger partial charge on any atom is -0.271 e. The lowest BCUT2D eigenvalue weighted by atomic mass is 9.95. The van der Waals surface area contributed by atoms with Gasteiger partial charge in [0.05, 0.1) is 5.69 Å². The summed E-state index contributed by atoms with van der Waals surface area (Å²) in [5.74, 6) is 6.27. The first-order chi connectivity index (χ1) is 7.99. The summed E-state index contributed by atoms with van der Waals surface area (Å²) < 4.78 is 1.71. The fourth-order valence-electron chi connectivity index (χ4n) is 2.01. The van der Waals surface area contributed by atoms with Crippen LogP contribution in [-0.4, -0.2) is 15.8 Å². The van der Waals surface area contributed by atoms with Crippen molar-refractivity contribution >= 4 is 11.6 Å².